The van der Waals surface area contributed by atoms with E-state index in [-0.39, 0.29) is 17.3 Å². The van der Waals surface area contributed by atoms with Gasteiger partial charge >= 0.3 is 5.97 Å². The predicted molar refractivity (Wildman–Crippen MR) is 102 cm³/mol. The molecule has 2 rings (SSSR count). The molecular weight excluding hydrogens is 366 g/mol. The SMILES string of the molecule is CC(=O)c1ccc(S(=O)(=O)N(C)CC(=O)OCc2cc(C)ccc2C)cc1. The minimum Gasteiger partial charge on any atom is -0.460 e. The Morgan fingerprint density at radius 2 is 1.67 bits per heavy atom. The average Bonchev–Trinajstić information content (AvgIpc) is 2.62. The largest absolute Gasteiger partial charge is 0.460 e. The van der Waals surface area contributed by atoms with E-state index < -0.39 is 22.5 Å². The van der Waals surface area contributed by atoms with Crippen LogP contribution in [0.25, 0.3) is 0 Å². The molecule has 0 aliphatic heterocycles. The van der Waals surface area contributed by atoms with E-state index in [1.807, 2.05) is 32.0 Å². The molecule has 0 saturated heterocycles. The van der Waals surface area contributed by atoms with E-state index in [9.17, 15) is 18.0 Å². The Kier molecular flexibility index (Phi) is 6.51. The topological polar surface area (TPSA) is 80.8 Å². The van der Waals surface area contributed by atoms with Crippen LogP contribution in [0.15, 0.2) is 47.4 Å². The number of Topliss-reactive ketones (excluding diaryl/α,β-unsaturated/α-hetero) is 1. The molecule has 7 heteroatoms. The third-order valence-electron chi connectivity index (χ3n) is 4.21. The molecule has 0 amide bonds. The molecule has 2 aromatic rings. The maximum atomic E-state index is 12.6. The van der Waals surface area contributed by atoms with Crippen molar-refractivity contribution < 1.29 is 22.7 Å². The standard InChI is InChI=1S/C20H23NO5S/c1-14-5-6-15(2)18(11-14)13-26-20(23)12-21(4)27(24,25)19-9-7-17(8-10-19)16(3)22/h5-11H,12-13H2,1-4H3. The van der Waals surface area contributed by atoms with Gasteiger partial charge in [-0.2, -0.15) is 4.31 Å². The highest BCUT2D eigenvalue weighted by atomic mass is 32.2. The molecule has 0 radical (unpaired) electrons. The molecule has 0 bridgehead atoms. The summed E-state index contributed by atoms with van der Waals surface area (Å²) in [6.07, 6.45) is 0. The summed E-state index contributed by atoms with van der Waals surface area (Å²) in [5, 5.41) is 0. The Labute approximate surface area is 159 Å². The van der Waals surface area contributed by atoms with Gasteiger partial charge in [0.1, 0.15) is 13.2 Å². The quantitative estimate of drug-likeness (QED) is 0.537. The van der Waals surface area contributed by atoms with Gasteiger partial charge in [0.2, 0.25) is 10.0 Å². The molecule has 0 aliphatic rings. The van der Waals surface area contributed by atoms with Gasteiger partial charge in [0.15, 0.2) is 5.78 Å². The zero-order valence-corrected chi connectivity index (χ0v) is 16.7. The Bertz CT molecular complexity index is 949. The molecule has 0 N–H and O–H groups in total. The number of benzene rings is 2. The molecule has 2 aromatic carbocycles. The van der Waals surface area contributed by atoms with Crippen LogP contribution in [0.5, 0.6) is 0 Å². The van der Waals surface area contributed by atoms with Crippen molar-refractivity contribution in [2.75, 3.05) is 13.6 Å². The number of nitrogens with zero attached hydrogens (tertiary/aromatic N) is 1. The van der Waals surface area contributed by atoms with Crippen LogP contribution in [0.1, 0.15) is 34.0 Å². The van der Waals surface area contributed by atoms with E-state index in [1.165, 1.54) is 38.2 Å². The highest BCUT2D eigenvalue weighted by Crippen LogP contribution is 2.16. The number of carbonyl (C=O) groups excluding carboxylic acids is 2. The lowest BCUT2D eigenvalue weighted by Gasteiger charge is -2.17. The molecule has 0 aliphatic carbocycles. The maximum absolute atomic E-state index is 12.6. The summed E-state index contributed by atoms with van der Waals surface area (Å²) in [5.74, 6) is -0.787. The van der Waals surface area contributed by atoms with Crippen LogP contribution >= 0.6 is 0 Å². The van der Waals surface area contributed by atoms with Crippen molar-refractivity contribution in [3.8, 4) is 0 Å². The summed E-state index contributed by atoms with van der Waals surface area (Å²) in [7, 11) is -2.54. The third kappa shape index (κ3) is 5.24. The lowest BCUT2D eigenvalue weighted by Crippen LogP contribution is -2.33. The summed E-state index contributed by atoms with van der Waals surface area (Å²) in [6.45, 7) is 4.96. The number of sulfonamides is 1. The second kappa shape index (κ2) is 8.45. The van der Waals surface area contributed by atoms with Crippen LogP contribution in [0, 0.1) is 13.8 Å². The summed E-state index contributed by atoms with van der Waals surface area (Å²) in [6, 6.07) is 11.4. The molecule has 0 heterocycles. The maximum Gasteiger partial charge on any atom is 0.321 e. The van der Waals surface area contributed by atoms with Gasteiger partial charge in [-0.05, 0) is 44.0 Å². The number of rotatable bonds is 7. The molecular formula is C20H23NO5S. The van der Waals surface area contributed by atoms with Crippen molar-refractivity contribution in [3.05, 3.63) is 64.7 Å². The van der Waals surface area contributed by atoms with Gasteiger partial charge in [0.05, 0.1) is 4.90 Å². The Morgan fingerprint density at radius 1 is 1.04 bits per heavy atom. The van der Waals surface area contributed by atoms with Crippen LogP contribution in [0.3, 0.4) is 0 Å². The highest BCUT2D eigenvalue weighted by molar-refractivity contribution is 7.89. The molecule has 0 unspecified atom stereocenters. The molecule has 0 fully saturated rings. The van der Waals surface area contributed by atoms with Gasteiger partial charge in [-0.15, -0.1) is 0 Å². The van der Waals surface area contributed by atoms with E-state index >= 15 is 0 Å². The van der Waals surface area contributed by atoms with Crippen molar-refractivity contribution in [1.29, 1.82) is 0 Å². The molecule has 0 aromatic heterocycles. The molecule has 0 atom stereocenters. The summed E-state index contributed by atoms with van der Waals surface area (Å²) < 4.78 is 31.3. The second-order valence-electron chi connectivity index (χ2n) is 6.43. The number of likely N-dealkylation sites (N-methyl/N-ethyl adjacent to an activating group) is 1. The van der Waals surface area contributed by atoms with Gasteiger partial charge in [-0.1, -0.05) is 35.9 Å². The van der Waals surface area contributed by atoms with Crippen LogP contribution in [0.4, 0.5) is 0 Å². The van der Waals surface area contributed by atoms with E-state index in [4.69, 9.17) is 4.74 Å². The fourth-order valence-electron chi connectivity index (χ4n) is 2.47. The first-order valence-electron chi connectivity index (χ1n) is 8.40. The number of ketones is 1. The minimum atomic E-state index is -3.85. The van der Waals surface area contributed by atoms with Crippen molar-refractivity contribution in [3.63, 3.8) is 0 Å². The van der Waals surface area contributed by atoms with Crippen molar-refractivity contribution >= 4 is 21.8 Å². The predicted octanol–water partition coefficient (Wildman–Crippen LogP) is 2.87. The number of hydrogen-bond donors (Lipinski definition) is 0. The van der Waals surface area contributed by atoms with E-state index in [0.717, 1.165) is 21.0 Å². The van der Waals surface area contributed by atoms with Gasteiger partial charge in [-0.25, -0.2) is 8.42 Å². The first-order valence-corrected chi connectivity index (χ1v) is 9.84. The van der Waals surface area contributed by atoms with Crippen LogP contribution < -0.4 is 0 Å². The Hall–Kier alpha value is -2.51. The molecule has 27 heavy (non-hydrogen) atoms. The highest BCUT2D eigenvalue weighted by Gasteiger charge is 2.23. The van der Waals surface area contributed by atoms with Gasteiger partial charge in [0, 0.05) is 12.6 Å². The zero-order chi connectivity index (χ0) is 20.2. The second-order valence-corrected chi connectivity index (χ2v) is 8.48. The molecule has 0 saturated carbocycles. The monoisotopic (exact) mass is 389 g/mol. The Balaban J connectivity index is 2.02. The van der Waals surface area contributed by atoms with E-state index in [1.54, 1.807) is 0 Å². The smallest absolute Gasteiger partial charge is 0.321 e. The summed E-state index contributed by atoms with van der Waals surface area (Å²) in [5.41, 5.74) is 3.36. The van der Waals surface area contributed by atoms with Gasteiger partial charge in [0.25, 0.3) is 0 Å². The number of ether oxygens (including phenoxy) is 1. The zero-order valence-electron chi connectivity index (χ0n) is 15.9. The lowest BCUT2D eigenvalue weighted by atomic mass is 10.1. The molecule has 144 valence electrons. The van der Waals surface area contributed by atoms with E-state index in [2.05, 4.69) is 0 Å². The van der Waals surface area contributed by atoms with Crippen LogP contribution in [-0.2, 0) is 26.2 Å². The average molecular weight is 389 g/mol. The van der Waals surface area contributed by atoms with E-state index in [0.29, 0.717) is 5.56 Å². The van der Waals surface area contributed by atoms with Crippen molar-refractivity contribution in [2.24, 2.45) is 0 Å². The summed E-state index contributed by atoms with van der Waals surface area (Å²) >= 11 is 0. The Morgan fingerprint density at radius 3 is 2.26 bits per heavy atom. The molecule has 6 nitrogen and oxygen atoms in total. The fraction of sp³-hybridized carbons (Fsp3) is 0.300. The first kappa shape index (κ1) is 20.8. The molecule has 0 spiro atoms. The third-order valence-corrected chi connectivity index (χ3v) is 6.03. The van der Waals surface area contributed by atoms with Crippen LogP contribution in [0.2, 0.25) is 0 Å². The summed E-state index contributed by atoms with van der Waals surface area (Å²) in [4.78, 5) is 23.4. The number of carbonyl (C=O) groups is 2. The number of esters is 1. The van der Waals surface area contributed by atoms with Gasteiger partial charge in [-0.3, -0.25) is 9.59 Å². The number of hydrogen-bond acceptors (Lipinski definition) is 5. The fourth-order valence-corrected chi connectivity index (χ4v) is 3.58. The minimum absolute atomic E-state index is 0.0114. The number of aryl methyl sites for hydroxylation is 2. The first-order chi connectivity index (χ1) is 12.6. The van der Waals surface area contributed by atoms with Crippen molar-refractivity contribution in [1.82, 2.24) is 4.31 Å². The van der Waals surface area contributed by atoms with Gasteiger partial charge < -0.3 is 4.74 Å². The lowest BCUT2D eigenvalue weighted by molar-refractivity contribution is -0.144. The normalized spacial score (nSPS) is 11.4. The van der Waals surface area contributed by atoms with Crippen molar-refractivity contribution in [2.45, 2.75) is 32.3 Å². The van der Waals surface area contributed by atoms with Crippen LogP contribution in [-0.4, -0.2) is 38.1 Å².